The highest BCUT2D eigenvalue weighted by Gasteiger charge is 2.38. The highest BCUT2D eigenvalue weighted by atomic mass is 16.5. The standard InChI is InChI=1S/C16H26N2O/c1-5-19-14-10-7-6-9-13(14)18-12-8-11-15(17-4)16(18,2)3/h6-7,9-10,15,17H,5,8,11-12H2,1-4H3. The zero-order valence-corrected chi connectivity index (χ0v) is 12.6. The molecule has 0 amide bonds. The van der Waals surface area contributed by atoms with E-state index >= 15 is 0 Å². The monoisotopic (exact) mass is 262 g/mol. The molecule has 1 aromatic rings. The van der Waals surface area contributed by atoms with Crippen molar-refractivity contribution >= 4 is 5.69 Å². The van der Waals surface area contributed by atoms with Gasteiger partial charge in [0.25, 0.3) is 0 Å². The third-order valence-electron chi connectivity index (χ3n) is 4.23. The van der Waals surface area contributed by atoms with E-state index in [-0.39, 0.29) is 5.54 Å². The molecule has 1 unspecified atom stereocenters. The lowest BCUT2D eigenvalue weighted by molar-refractivity contribution is 0.270. The topological polar surface area (TPSA) is 24.5 Å². The quantitative estimate of drug-likeness (QED) is 0.902. The molecule has 0 aromatic heterocycles. The largest absolute Gasteiger partial charge is 0.492 e. The number of hydrogen-bond acceptors (Lipinski definition) is 3. The van der Waals surface area contributed by atoms with Gasteiger partial charge in [0.15, 0.2) is 0 Å². The number of nitrogens with one attached hydrogen (secondary N) is 1. The normalized spacial score (nSPS) is 22.3. The van der Waals surface area contributed by atoms with Crippen LogP contribution in [0.3, 0.4) is 0 Å². The third kappa shape index (κ3) is 2.71. The maximum Gasteiger partial charge on any atom is 0.142 e. The molecule has 3 nitrogen and oxygen atoms in total. The van der Waals surface area contributed by atoms with Crippen LogP contribution in [0.5, 0.6) is 5.75 Å². The smallest absolute Gasteiger partial charge is 0.142 e. The van der Waals surface area contributed by atoms with Gasteiger partial charge < -0.3 is 15.0 Å². The van der Waals surface area contributed by atoms with Crippen molar-refractivity contribution in [1.82, 2.24) is 5.32 Å². The summed E-state index contributed by atoms with van der Waals surface area (Å²) >= 11 is 0. The van der Waals surface area contributed by atoms with Crippen molar-refractivity contribution < 1.29 is 4.74 Å². The van der Waals surface area contributed by atoms with Crippen LogP contribution in [-0.2, 0) is 0 Å². The minimum atomic E-state index is 0.0974. The van der Waals surface area contributed by atoms with Gasteiger partial charge in [-0.2, -0.15) is 0 Å². The summed E-state index contributed by atoms with van der Waals surface area (Å²) in [6.07, 6.45) is 2.45. The average Bonchev–Trinajstić information content (AvgIpc) is 2.39. The Balaban J connectivity index is 2.34. The number of ether oxygens (including phenoxy) is 1. The molecule has 2 rings (SSSR count). The number of rotatable bonds is 4. The summed E-state index contributed by atoms with van der Waals surface area (Å²) in [7, 11) is 2.06. The van der Waals surface area contributed by atoms with Crippen LogP contribution in [0.15, 0.2) is 24.3 Å². The molecule has 3 heteroatoms. The van der Waals surface area contributed by atoms with E-state index in [1.54, 1.807) is 0 Å². The number of piperidine rings is 1. The fraction of sp³-hybridized carbons (Fsp3) is 0.625. The summed E-state index contributed by atoms with van der Waals surface area (Å²) in [6, 6.07) is 8.89. The zero-order valence-electron chi connectivity index (χ0n) is 12.6. The second kappa shape index (κ2) is 5.83. The Kier molecular flexibility index (Phi) is 4.35. The number of likely N-dealkylation sites (N-methyl/N-ethyl adjacent to an activating group) is 1. The van der Waals surface area contributed by atoms with Crippen LogP contribution in [-0.4, -0.2) is 31.8 Å². The highest BCUT2D eigenvalue weighted by molar-refractivity contribution is 5.60. The van der Waals surface area contributed by atoms with Gasteiger partial charge in [0.2, 0.25) is 0 Å². The van der Waals surface area contributed by atoms with Gasteiger partial charge in [0, 0.05) is 18.1 Å². The molecule has 0 radical (unpaired) electrons. The molecule has 1 heterocycles. The molecule has 106 valence electrons. The van der Waals surface area contributed by atoms with Crippen molar-refractivity contribution in [2.45, 2.75) is 45.2 Å². The van der Waals surface area contributed by atoms with Gasteiger partial charge in [0.05, 0.1) is 12.3 Å². The number of anilines is 1. The molecule has 1 N–H and O–H groups in total. The average molecular weight is 262 g/mol. The van der Waals surface area contributed by atoms with Crippen LogP contribution in [0, 0.1) is 0 Å². The van der Waals surface area contributed by atoms with E-state index in [0.29, 0.717) is 12.6 Å². The SMILES string of the molecule is CCOc1ccccc1N1CCCC(NC)C1(C)C. The molecule has 0 bridgehead atoms. The Morgan fingerprint density at radius 3 is 2.79 bits per heavy atom. The number of benzene rings is 1. The predicted octanol–water partition coefficient (Wildman–Crippen LogP) is 3.05. The first-order valence-electron chi connectivity index (χ1n) is 7.28. The van der Waals surface area contributed by atoms with E-state index < -0.39 is 0 Å². The van der Waals surface area contributed by atoms with Crippen molar-refractivity contribution in [3.63, 3.8) is 0 Å². The lowest BCUT2D eigenvalue weighted by atomic mass is 9.84. The van der Waals surface area contributed by atoms with Gasteiger partial charge in [-0.1, -0.05) is 12.1 Å². The van der Waals surface area contributed by atoms with E-state index in [9.17, 15) is 0 Å². The first-order valence-corrected chi connectivity index (χ1v) is 7.28. The fourth-order valence-electron chi connectivity index (χ4n) is 3.17. The van der Waals surface area contributed by atoms with E-state index in [1.165, 1.54) is 18.5 Å². The van der Waals surface area contributed by atoms with Crippen molar-refractivity contribution in [3.05, 3.63) is 24.3 Å². The van der Waals surface area contributed by atoms with Gasteiger partial charge in [0.1, 0.15) is 5.75 Å². The van der Waals surface area contributed by atoms with Gasteiger partial charge in [-0.25, -0.2) is 0 Å². The molecule has 19 heavy (non-hydrogen) atoms. The predicted molar refractivity (Wildman–Crippen MR) is 81.1 cm³/mol. The number of nitrogens with zero attached hydrogens (tertiary/aromatic N) is 1. The van der Waals surface area contributed by atoms with Crippen LogP contribution >= 0.6 is 0 Å². The third-order valence-corrected chi connectivity index (χ3v) is 4.23. The summed E-state index contributed by atoms with van der Waals surface area (Å²) in [4.78, 5) is 2.49. The summed E-state index contributed by atoms with van der Waals surface area (Å²) in [5.74, 6) is 0.995. The molecular weight excluding hydrogens is 236 g/mol. The molecule has 1 saturated heterocycles. The molecular formula is C16H26N2O. The van der Waals surface area contributed by atoms with Crippen molar-refractivity contribution in [1.29, 1.82) is 0 Å². The molecule has 1 atom stereocenters. The Morgan fingerprint density at radius 2 is 2.11 bits per heavy atom. The maximum atomic E-state index is 5.79. The molecule has 1 aliphatic rings. The number of hydrogen-bond donors (Lipinski definition) is 1. The second-order valence-electron chi connectivity index (χ2n) is 5.69. The lowest BCUT2D eigenvalue weighted by Gasteiger charge is -2.49. The first kappa shape index (κ1) is 14.2. The van der Waals surface area contributed by atoms with E-state index in [0.717, 1.165) is 12.3 Å². The molecule has 1 aromatic carbocycles. The fourth-order valence-corrected chi connectivity index (χ4v) is 3.17. The first-order chi connectivity index (χ1) is 9.11. The van der Waals surface area contributed by atoms with Crippen LogP contribution in [0.25, 0.3) is 0 Å². The van der Waals surface area contributed by atoms with Gasteiger partial charge in [-0.3, -0.25) is 0 Å². The number of para-hydroxylation sites is 2. The molecule has 0 spiro atoms. The summed E-state index contributed by atoms with van der Waals surface area (Å²) in [5, 5.41) is 3.46. The molecule has 1 fully saturated rings. The molecule has 0 aliphatic carbocycles. The van der Waals surface area contributed by atoms with Gasteiger partial charge in [-0.05, 0) is 52.8 Å². The minimum Gasteiger partial charge on any atom is -0.492 e. The van der Waals surface area contributed by atoms with Gasteiger partial charge >= 0.3 is 0 Å². The van der Waals surface area contributed by atoms with Crippen molar-refractivity contribution in [3.8, 4) is 5.75 Å². The molecule has 0 saturated carbocycles. The Morgan fingerprint density at radius 1 is 1.37 bits per heavy atom. The van der Waals surface area contributed by atoms with Crippen LogP contribution in [0.2, 0.25) is 0 Å². The highest BCUT2D eigenvalue weighted by Crippen LogP contribution is 2.37. The Bertz CT molecular complexity index is 417. The maximum absolute atomic E-state index is 5.79. The Labute approximate surface area is 116 Å². The van der Waals surface area contributed by atoms with Crippen LogP contribution < -0.4 is 15.0 Å². The molecule has 1 aliphatic heterocycles. The van der Waals surface area contributed by atoms with Crippen molar-refractivity contribution in [2.75, 3.05) is 25.1 Å². The van der Waals surface area contributed by atoms with Crippen LogP contribution in [0.1, 0.15) is 33.6 Å². The minimum absolute atomic E-state index is 0.0974. The second-order valence-corrected chi connectivity index (χ2v) is 5.69. The van der Waals surface area contributed by atoms with Gasteiger partial charge in [-0.15, -0.1) is 0 Å². The summed E-state index contributed by atoms with van der Waals surface area (Å²) < 4.78 is 5.79. The van der Waals surface area contributed by atoms with Crippen molar-refractivity contribution in [2.24, 2.45) is 0 Å². The van der Waals surface area contributed by atoms with Crippen LogP contribution in [0.4, 0.5) is 5.69 Å². The van der Waals surface area contributed by atoms with E-state index in [2.05, 4.69) is 49.3 Å². The summed E-state index contributed by atoms with van der Waals surface area (Å²) in [6.45, 7) is 8.47. The zero-order chi connectivity index (χ0) is 13.9. The van der Waals surface area contributed by atoms with E-state index in [4.69, 9.17) is 4.74 Å². The lowest BCUT2D eigenvalue weighted by Crippen LogP contribution is -2.60. The Hall–Kier alpha value is -1.22. The van der Waals surface area contributed by atoms with E-state index in [1.807, 2.05) is 13.0 Å². The summed E-state index contributed by atoms with van der Waals surface area (Å²) in [5.41, 5.74) is 1.31.